The second kappa shape index (κ2) is 11.3. The van der Waals surface area contributed by atoms with Crippen LogP contribution in [0.15, 0.2) is 47.6 Å². The van der Waals surface area contributed by atoms with Crippen LogP contribution in [0.2, 0.25) is 0 Å². The van der Waals surface area contributed by atoms with Crippen molar-refractivity contribution in [2.24, 2.45) is 29.6 Å². The molecule has 0 radical (unpaired) electrons. The Balaban J connectivity index is 0.000000516. The van der Waals surface area contributed by atoms with Gasteiger partial charge < -0.3 is 31.2 Å². The smallest absolute Gasteiger partial charge is 1.00 e. The summed E-state index contributed by atoms with van der Waals surface area (Å²) in [4.78, 5) is 0. The molecule has 0 aromatic heterocycles. The average molecular weight is 470 g/mol. The third-order valence-electron chi connectivity index (χ3n) is 6.07. The van der Waals surface area contributed by atoms with E-state index < -0.39 is 0 Å². The molecule has 4 rings (SSSR count). The molecule has 0 saturated heterocycles. The molecule has 142 valence electrons. The molecule has 5 unspecified atom stereocenters. The summed E-state index contributed by atoms with van der Waals surface area (Å²) in [6.45, 7) is 6.56. The van der Waals surface area contributed by atoms with Crippen molar-refractivity contribution < 1.29 is 49.0 Å². The number of allylic oxidation sites excluding steroid dienone is 8. The van der Waals surface area contributed by atoms with Gasteiger partial charge >= 0.3 is 41.3 Å². The van der Waals surface area contributed by atoms with E-state index in [1.807, 2.05) is 0 Å². The van der Waals surface area contributed by atoms with Crippen LogP contribution in [0, 0.1) is 36.0 Å². The summed E-state index contributed by atoms with van der Waals surface area (Å²) in [5.74, 6) is 4.10. The van der Waals surface area contributed by atoms with Gasteiger partial charge in [-0.25, -0.2) is 0 Å². The monoisotopic (exact) mass is 467 g/mol. The molecule has 0 aromatic carbocycles. The molecule has 0 amide bonds. The maximum Gasteiger partial charge on any atom is -1.00 e. The first kappa shape index (κ1) is 24.3. The van der Waals surface area contributed by atoms with Crippen LogP contribution in [0.5, 0.6) is 0 Å². The van der Waals surface area contributed by atoms with Crippen molar-refractivity contribution in [2.75, 3.05) is 0 Å². The van der Waals surface area contributed by atoms with Gasteiger partial charge in [0.25, 0.3) is 0 Å². The van der Waals surface area contributed by atoms with Gasteiger partial charge in [0.1, 0.15) is 0 Å². The molecule has 2 fully saturated rings. The fraction of sp³-hybridized carbons (Fsp3) is 0.565. The van der Waals surface area contributed by atoms with E-state index in [4.69, 9.17) is 0 Å². The molecule has 26 heavy (non-hydrogen) atoms. The zero-order chi connectivity index (χ0) is 17.1. The summed E-state index contributed by atoms with van der Waals surface area (Å²) < 4.78 is 1.51. The number of halogens is 2. The largest absolute Gasteiger partial charge is 1.00 e. The Kier molecular flexibility index (Phi) is 10.6. The van der Waals surface area contributed by atoms with Gasteiger partial charge in [-0.1, -0.05) is 61.6 Å². The fourth-order valence-corrected chi connectivity index (χ4v) is 5.21. The van der Waals surface area contributed by atoms with Gasteiger partial charge in [-0.2, -0.15) is 5.92 Å². The molecule has 4 aliphatic carbocycles. The van der Waals surface area contributed by atoms with Crippen molar-refractivity contribution in [3.8, 4) is 0 Å². The van der Waals surface area contributed by atoms with E-state index in [0.717, 1.165) is 29.6 Å². The molecule has 4 aliphatic rings. The van der Waals surface area contributed by atoms with Gasteiger partial charge in [0, 0.05) is 0 Å². The van der Waals surface area contributed by atoms with E-state index >= 15 is 0 Å². The van der Waals surface area contributed by atoms with Crippen molar-refractivity contribution >= 4 is 3.21 Å². The third kappa shape index (κ3) is 5.42. The molecular formula is C23H31Cl2Zr-. The van der Waals surface area contributed by atoms with Gasteiger partial charge in [-0.3, -0.25) is 0 Å². The summed E-state index contributed by atoms with van der Waals surface area (Å²) in [6.07, 6.45) is 23.7. The van der Waals surface area contributed by atoms with Crippen molar-refractivity contribution in [2.45, 2.75) is 52.9 Å². The Morgan fingerprint density at radius 3 is 2.54 bits per heavy atom. The van der Waals surface area contributed by atoms with E-state index in [9.17, 15) is 0 Å². The minimum absolute atomic E-state index is 0. The summed E-state index contributed by atoms with van der Waals surface area (Å²) in [5.41, 5.74) is 3.43. The standard InChI is InChI=1S/C20H25.C3H6.2ClH.Zr/c1-2-14-8-5-10-16(14)18-11-6-12-19-17-9-4-3-7-15(17)13-20(18)19;1-3-2;;;/h3-5,7-9,13,15,17-20H,2,6,10-12H2,1H3;1-2H3;2*1H;/q-1;;;;+2/p-2. The first-order chi connectivity index (χ1) is 11.6. The second-order valence-electron chi connectivity index (χ2n) is 7.91. The number of rotatable bonds is 2. The predicted molar refractivity (Wildman–Crippen MR) is 101 cm³/mol. The molecule has 0 aromatic rings. The molecule has 0 spiro atoms. The molecule has 3 heteroatoms. The molecule has 0 N–H and O–H groups in total. The van der Waals surface area contributed by atoms with E-state index in [-0.39, 0.29) is 24.8 Å². The van der Waals surface area contributed by atoms with E-state index in [2.05, 4.69) is 63.6 Å². The SMILES string of the molecule is CCC1=C(C2CCCC3C4C=CC=CC4[CH-]C23)CC=C1.C[C](C)=[Zr+2].[Cl-].[Cl-]. The van der Waals surface area contributed by atoms with E-state index in [1.165, 1.54) is 35.3 Å². The van der Waals surface area contributed by atoms with Crippen molar-refractivity contribution in [3.05, 3.63) is 54.0 Å². The zero-order valence-electron chi connectivity index (χ0n) is 16.2. The Morgan fingerprint density at radius 2 is 1.85 bits per heavy atom. The zero-order valence-corrected chi connectivity index (χ0v) is 20.2. The topological polar surface area (TPSA) is 0 Å². The van der Waals surface area contributed by atoms with Crippen molar-refractivity contribution in [3.63, 3.8) is 0 Å². The summed E-state index contributed by atoms with van der Waals surface area (Å²) in [7, 11) is 0. The maximum atomic E-state index is 2.71. The fourth-order valence-electron chi connectivity index (χ4n) is 5.21. The summed E-state index contributed by atoms with van der Waals surface area (Å²) in [6, 6.07) is 0. The van der Waals surface area contributed by atoms with Crippen LogP contribution in [0.1, 0.15) is 52.9 Å². The van der Waals surface area contributed by atoms with Crippen LogP contribution in [0.4, 0.5) is 0 Å². The van der Waals surface area contributed by atoms with Crippen molar-refractivity contribution in [1.29, 1.82) is 0 Å². The molecule has 0 heterocycles. The molecule has 0 aliphatic heterocycles. The van der Waals surface area contributed by atoms with E-state index in [0.29, 0.717) is 0 Å². The molecular weight excluding hydrogens is 438 g/mol. The van der Waals surface area contributed by atoms with Crippen molar-refractivity contribution in [1.82, 2.24) is 0 Å². The first-order valence-electron chi connectivity index (χ1n) is 9.72. The van der Waals surface area contributed by atoms with Crippen LogP contribution in [0.25, 0.3) is 0 Å². The van der Waals surface area contributed by atoms with E-state index in [1.54, 1.807) is 35.4 Å². The first-order valence-corrected chi connectivity index (χ1v) is 10.9. The van der Waals surface area contributed by atoms with Gasteiger partial charge in [0.2, 0.25) is 0 Å². The Hall–Kier alpha value is 0.293. The normalized spacial score (nSPS) is 33.5. The van der Waals surface area contributed by atoms with Gasteiger partial charge in [0.15, 0.2) is 0 Å². The molecule has 0 bridgehead atoms. The summed E-state index contributed by atoms with van der Waals surface area (Å²) >= 11 is 1.55. The summed E-state index contributed by atoms with van der Waals surface area (Å²) in [5, 5.41) is 0. The average Bonchev–Trinajstić information content (AvgIpc) is 3.18. The third-order valence-corrected chi connectivity index (χ3v) is 6.07. The van der Waals surface area contributed by atoms with Crippen LogP contribution < -0.4 is 24.8 Å². The maximum absolute atomic E-state index is 2.71. The minimum atomic E-state index is 0. The van der Waals surface area contributed by atoms with Gasteiger partial charge in [-0.15, -0.1) is 12.0 Å². The van der Waals surface area contributed by atoms with Crippen LogP contribution in [0.3, 0.4) is 0 Å². The molecule has 2 saturated carbocycles. The number of fused-ring (bicyclic) bond motifs is 3. The van der Waals surface area contributed by atoms with Crippen LogP contribution >= 0.6 is 0 Å². The van der Waals surface area contributed by atoms with Gasteiger partial charge in [-0.05, 0) is 36.7 Å². The van der Waals surface area contributed by atoms with Crippen LogP contribution in [-0.4, -0.2) is 3.21 Å². The quantitative estimate of drug-likeness (QED) is 0.500. The minimum Gasteiger partial charge on any atom is -1.00 e. The second-order valence-corrected chi connectivity index (χ2v) is 10.4. The molecule has 0 nitrogen and oxygen atoms in total. The Morgan fingerprint density at radius 1 is 1.15 bits per heavy atom. The molecule has 5 atom stereocenters. The number of hydrogen-bond acceptors (Lipinski definition) is 0. The predicted octanol–water partition coefficient (Wildman–Crippen LogP) is 0.0151. The Labute approximate surface area is 187 Å². The number of hydrogen-bond donors (Lipinski definition) is 0. The van der Waals surface area contributed by atoms with Crippen LogP contribution in [-0.2, 0) is 24.2 Å². The Bertz CT molecular complexity index is 595. The van der Waals surface area contributed by atoms with Gasteiger partial charge in [0.05, 0.1) is 0 Å².